The van der Waals surface area contributed by atoms with Crippen LogP contribution in [0.4, 0.5) is 0 Å². The number of rotatable bonds is 0. The highest BCUT2D eigenvalue weighted by Gasteiger charge is 2.46. The van der Waals surface area contributed by atoms with E-state index in [1.807, 2.05) is 0 Å². The van der Waals surface area contributed by atoms with Crippen molar-refractivity contribution >= 4 is 0 Å². The molecule has 0 radical (unpaired) electrons. The second-order valence-corrected chi connectivity index (χ2v) is 3.05. The average Bonchev–Trinajstić information content (AvgIpc) is 2.60. The van der Waals surface area contributed by atoms with Crippen molar-refractivity contribution in [3.63, 3.8) is 0 Å². The lowest BCUT2D eigenvalue weighted by Crippen LogP contribution is -2.30. The highest BCUT2D eigenvalue weighted by atomic mass is 16.6. The van der Waals surface area contributed by atoms with Gasteiger partial charge in [-0.25, -0.2) is 0 Å². The minimum Gasteiger partial charge on any atom is -0.397 e. The molecule has 0 aromatic carbocycles. The van der Waals surface area contributed by atoms with Crippen molar-refractivity contribution in [3.8, 4) is 0 Å². The molecule has 0 bridgehead atoms. The van der Waals surface area contributed by atoms with Gasteiger partial charge in [-0.05, 0) is 6.92 Å². The van der Waals surface area contributed by atoms with Gasteiger partial charge in [0.15, 0.2) is 0 Å². The molecule has 0 aliphatic carbocycles. The Morgan fingerprint density at radius 2 is 1.38 bits per heavy atom. The lowest BCUT2D eigenvalue weighted by Gasteiger charge is -2.09. The molecule has 2 heterocycles. The van der Waals surface area contributed by atoms with Gasteiger partial charge in [-0.15, -0.1) is 0 Å². The van der Waals surface area contributed by atoms with E-state index < -0.39 is 12.2 Å². The maximum Gasteiger partial charge on any atom is 0.114 e. The molecule has 5 heteroatoms. The maximum absolute atomic E-state index is 9.16. The third kappa shape index (κ3) is 2.38. The lowest BCUT2D eigenvalue weighted by atomic mass is 10.1. The quantitative estimate of drug-likeness (QED) is 0.435. The minimum atomic E-state index is -0.554. The summed E-state index contributed by atoms with van der Waals surface area (Å²) in [6.45, 7) is 2.50. The molecule has 2 fully saturated rings. The zero-order chi connectivity index (χ0) is 9.84. The van der Waals surface area contributed by atoms with Crippen LogP contribution in [0.1, 0.15) is 6.92 Å². The standard InChI is InChI=1S/C6H10O4.C2H6O/c7-3-1-9-6-4(8)2-10-5(3)6;1-2-3/h3-8H,1-2H2;3H,2H2,1H3/t3-,4+,5-,6-;/m1./s1. The van der Waals surface area contributed by atoms with E-state index in [1.165, 1.54) is 0 Å². The first-order valence-electron chi connectivity index (χ1n) is 4.40. The molecule has 2 aliphatic heterocycles. The maximum atomic E-state index is 9.16. The fraction of sp³-hybridized carbons (Fsp3) is 1.00. The topological polar surface area (TPSA) is 79.2 Å². The van der Waals surface area contributed by atoms with Crippen molar-refractivity contribution in [3.05, 3.63) is 0 Å². The number of aliphatic hydroxyl groups excluding tert-OH is 3. The number of hydrogen-bond donors (Lipinski definition) is 3. The van der Waals surface area contributed by atoms with Gasteiger partial charge >= 0.3 is 0 Å². The van der Waals surface area contributed by atoms with Gasteiger partial charge in [0.2, 0.25) is 0 Å². The Kier molecular flexibility index (Phi) is 4.08. The monoisotopic (exact) mass is 192 g/mol. The first kappa shape index (κ1) is 10.9. The molecule has 3 N–H and O–H groups in total. The molecule has 0 aromatic rings. The Balaban J connectivity index is 0.000000251. The van der Waals surface area contributed by atoms with Crippen LogP contribution < -0.4 is 0 Å². The van der Waals surface area contributed by atoms with Crippen molar-refractivity contribution in [2.24, 2.45) is 0 Å². The molecule has 0 aromatic heterocycles. The van der Waals surface area contributed by atoms with E-state index in [4.69, 9.17) is 24.8 Å². The summed E-state index contributed by atoms with van der Waals surface area (Å²) in [6.07, 6.45) is -1.70. The number of hydrogen-bond acceptors (Lipinski definition) is 5. The smallest absolute Gasteiger partial charge is 0.114 e. The van der Waals surface area contributed by atoms with Crippen molar-refractivity contribution < 1.29 is 24.8 Å². The normalized spacial score (nSPS) is 42.5. The Morgan fingerprint density at radius 1 is 1.08 bits per heavy atom. The molecular weight excluding hydrogens is 176 g/mol. The zero-order valence-electron chi connectivity index (χ0n) is 7.59. The van der Waals surface area contributed by atoms with Gasteiger partial charge in [0.1, 0.15) is 24.4 Å². The van der Waals surface area contributed by atoms with E-state index in [0.29, 0.717) is 0 Å². The minimum absolute atomic E-state index is 0.250. The van der Waals surface area contributed by atoms with Crippen LogP contribution in [0.25, 0.3) is 0 Å². The molecular formula is C8H16O5. The van der Waals surface area contributed by atoms with Crippen LogP contribution in [0.2, 0.25) is 0 Å². The molecule has 5 nitrogen and oxygen atoms in total. The van der Waals surface area contributed by atoms with E-state index in [9.17, 15) is 0 Å². The van der Waals surface area contributed by atoms with Gasteiger partial charge in [0.05, 0.1) is 13.2 Å². The summed E-state index contributed by atoms with van der Waals surface area (Å²) in [5, 5.41) is 25.9. The van der Waals surface area contributed by atoms with Crippen molar-refractivity contribution in [2.45, 2.75) is 31.3 Å². The molecule has 13 heavy (non-hydrogen) atoms. The molecule has 0 spiro atoms. The highest BCUT2D eigenvalue weighted by Crippen LogP contribution is 2.26. The van der Waals surface area contributed by atoms with Gasteiger partial charge in [0.25, 0.3) is 0 Å². The Labute approximate surface area is 76.9 Å². The van der Waals surface area contributed by atoms with Gasteiger partial charge in [-0.2, -0.15) is 0 Å². The van der Waals surface area contributed by atoms with Crippen molar-refractivity contribution in [1.82, 2.24) is 0 Å². The molecule has 2 saturated heterocycles. The number of ether oxygens (including phenoxy) is 2. The first-order chi connectivity index (χ1) is 6.20. The van der Waals surface area contributed by atoms with Crippen molar-refractivity contribution in [1.29, 1.82) is 0 Å². The zero-order valence-corrected chi connectivity index (χ0v) is 7.59. The van der Waals surface area contributed by atoms with Crippen LogP contribution in [-0.2, 0) is 9.47 Å². The van der Waals surface area contributed by atoms with Gasteiger partial charge in [0, 0.05) is 6.61 Å². The highest BCUT2D eigenvalue weighted by molar-refractivity contribution is 4.93. The van der Waals surface area contributed by atoms with Gasteiger partial charge in [-0.1, -0.05) is 0 Å². The summed E-state index contributed by atoms with van der Waals surface area (Å²) in [6, 6.07) is 0. The lowest BCUT2D eigenvalue weighted by molar-refractivity contribution is 0.00205. The molecule has 0 saturated carbocycles. The summed E-state index contributed by atoms with van der Waals surface area (Å²) in [5.41, 5.74) is 0. The second-order valence-electron chi connectivity index (χ2n) is 3.05. The summed E-state index contributed by atoms with van der Waals surface area (Å²) >= 11 is 0. The molecule has 2 rings (SSSR count). The van der Waals surface area contributed by atoms with Crippen molar-refractivity contribution in [2.75, 3.05) is 19.8 Å². The Morgan fingerprint density at radius 3 is 1.69 bits per heavy atom. The van der Waals surface area contributed by atoms with Crippen LogP contribution in [0, 0.1) is 0 Å². The molecule has 2 aliphatic rings. The van der Waals surface area contributed by atoms with Crippen LogP contribution in [0.15, 0.2) is 0 Å². The third-order valence-corrected chi connectivity index (χ3v) is 2.00. The van der Waals surface area contributed by atoms with Gasteiger partial charge < -0.3 is 24.8 Å². The van der Waals surface area contributed by atoms with Crippen LogP contribution in [-0.4, -0.2) is 59.6 Å². The largest absolute Gasteiger partial charge is 0.397 e. The van der Waals surface area contributed by atoms with E-state index in [2.05, 4.69) is 0 Å². The van der Waals surface area contributed by atoms with Crippen LogP contribution >= 0.6 is 0 Å². The number of fused-ring (bicyclic) bond motifs is 1. The molecule has 0 unspecified atom stereocenters. The fourth-order valence-electron chi connectivity index (χ4n) is 1.46. The molecule has 4 atom stereocenters. The number of aliphatic hydroxyl groups is 3. The van der Waals surface area contributed by atoms with E-state index >= 15 is 0 Å². The molecule has 0 amide bonds. The SMILES string of the molecule is CCO.O[C@@H]1CO[C@H]2[C@@H]1OC[C@@H]2O. The fourth-order valence-corrected chi connectivity index (χ4v) is 1.46. The van der Waals surface area contributed by atoms with Crippen LogP contribution in [0.3, 0.4) is 0 Å². The van der Waals surface area contributed by atoms with E-state index in [0.717, 1.165) is 0 Å². The predicted molar refractivity (Wildman–Crippen MR) is 44.3 cm³/mol. The summed E-state index contributed by atoms with van der Waals surface area (Å²) in [5.74, 6) is 0. The van der Waals surface area contributed by atoms with Crippen LogP contribution in [0.5, 0.6) is 0 Å². The van der Waals surface area contributed by atoms with E-state index in [-0.39, 0.29) is 32.0 Å². The summed E-state index contributed by atoms with van der Waals surface area (Å²) < 4.78 is 10.2. The first-order valence-corrected chi connectivity index (χ1v) is 4.40. The Hall–Kier alpha value is -0.200. The molecule has 78 valence electrons. The third-order valence-electron chi connectivity index (χ3n) is 2.00. The van der Waals surface area contributed by atoms with E-state index in [1.54, 1.807) is 6.92 Å². The Bertz CT molecular complexity index is 135. The van der Waals surface area contributed by atoms with Gasteiger partial charge in [-0.3, -0.25) is 0 Å². The average molecular weight is 192 g/mol. The summed E-state index contributed by atoms with van der Waals surface area (Å²) in [7, 11) is 0. The summed E-state index contributed by atoms with van der Waals surface area (Å²) in [4.78, 5) is 0. The second kappa shape index (κ2) is 4.88. The predicted octanol–water partition coefficient (Wildman–Crippen LogP) is -1.50.